The van der Waals surface area contributed by atoms with Crippen molar-refractivity contribution in [2.45, 2.75) is 0 Å². The van der Waals surface area contributed by atoms with E-state index in [1.165, 1.54) is 42.6 Å². The monoisotopic (exact) mass is 285 g/mol. The highest BCUT2D eigenvalue weighted by molar-refractivity contribution is 5.92. The first-order chi connectivity index (χ1) is 9.97. The second-order valence-electron chi connectivity index (χ2n) is 4.19. The summed E-state index contributed by atoms with van der Waals surface area (Å²) in [6.07, 6.45) is 1.37. The number of hydrogen-bond acceptors (Lipinski definition) is 4. The molecule has 0 spiro atoms. The molecule has 3 N–H and O–H groups in total. The number of benzene rings is 2. The lowest BCUT2D eigenvalue weighted by atomic mass is 10.1. The van der Waals surface area contributed by atoms with Crippen LogP contribution in [0.1, 0.15) is 26.3 Å². The van der Waals surface area contributed by atoms with Gasteiger partial charge >= 0.3 is 11.9 Å². The predicted octanol–water partition coefficient (Wildman–Crippen LogP) is 2.54. The summed E-state index contributed by atoms with van der Waals surface area (Å²) in [7, 11) is 0. The normalized spacial score (nSPS) is 10.7. The maximum absolute atomic E-state index is 10.7. The summed E-state index contributed by atoms with van der Waals surface area (Å²) in [4.78, 5) is 25.5. The van der Waals surface area contributed by atoms with E-state index in [0.717, 1.165) is 6.07 Å². The average Bonchev–Trinajstić information content (AvgIpc) is 2.46. The van der Waals surface area contributed by atoms with Crippen LogP contribution in [0.5, 0.6) is 5.75 Å². The molecule has 6 heteroatoms. The molecule has 0 atom stereocenters. The number of phenolic OH excluding ortho intramolecular Hbond substituents is 1. The number of aliphatic imine (C=N–C) groups is 1. The van der Waals surface area contributed by atoms with Crippen molar-refractivity contribution in [3.05, 3.63) is 59.2 Å². The van der Waals surface area contributed by atoms with E-state index in [2.05, 4.69) is 4.99 Å². The van der Waals surface area contributed by atoms with Crippen molar-refractivity contribution < 1.29 is 24.9 Å². The highest BCUT2D eigenvalue weighted by atomic mass is 16.4. The van der Waals surface area contributed by atoms with Crippen LogP contribution in [0.2, 0.25) is 0 Å². The number of rotatable bonds is 4. The first-order valence-corrected chi connectivity index (χ1v) is 5.91. The zero-order chi connectivity index (χ0) is 15.4. The molecule has 2 aromatic carbocycles. The van der Waals surface area contributed by atoms with Crippen molar-refractivity contribution in [2.75, 3.05) is 0 Å². The molecule has 0 saturated heterocycles. The van der Waals surface area contributed by atoms with Crippen LogP contribution >= 0.6 is 0 Å². The largest absolute Gasteiger partial charge is 0.507 e. The lowest BCUT2D eigenvalue weighted by Gasteiger charge is -2.01. The molecular weight excluding hydrogens is 274 g/mol. The Hall–Kier alpha value is -3.15. The maximum Gasteiger partial charge on any atom is 0.335 e. The third-order valence-electron chi connectivity index (χ3n) is 2.74. The summed E-state index contributed by atoms with van der Waals surface area (Å²) in [5, 5.41) is 27.3. The van der Waals surface area contributed by atoms with Gasteiger partial charge in [-0.05, 0) is 42.5 Å². The number of phenols is 1. The van der Waals surface area contributed by atoms with Crippen LogP contribution in [0.4, 0.5) is 5.69 Å². The molecule has 0 unspecified atom stereocenters. The summed E-state index contributed by atoms with van der Waals surface area (Å²) in [5.74, 6) is -2.34. The van der Waals surface area contributed by atoms with Crippen LogP contribution in [0.3, 0.4) is 0 Å². The minimum atomic E-state index is -1.13. The molecular formula is C15H11NO5. The van der Waals surface area contributed by atoms with Gasteiger partial charge in [0.1, 0.15) is 5.75 Å². The van der Waals surface area contributed by atoms with Crippen molar-refractivity contribution in [3.63, 3.8) is 0 Å². The fourth-order valence-corrected chi connectivity index (χ4v) is 1.62. The molecule has 0 heterocycles. The molecule has 0 saturated carbocycles. The summed E-state index contributed by atoms with van der Waals surface area (Å²) >= 11 is 0. The summed E-state index contributed by atoms with van der Waals surface area (Å²) in [5.41, 5.74) is 1.02. The number of carboxylic acids is 2. The third kappa shape index (κ3) is 3.44. The van der Waals surface area contributed by atoms with E-state index < -0.39 is 11.9 Å². The summed E-state index contributed by atoms with van der Waals surface area (Å²) in [6, 6.07) is 9.83. The molecule has 0 aliphatic carbocycles. The highest BCUT2D eigenvalue weighted by Gasteiger charge is 2.06. The van der Waals surface area contributed by atoms with Gasteiger partial charge in [0.15, 0.2) is 0 Å². The van der Waals surface area contributed by atoms with Gasteiger partial charge in [0.25, 0.3) is 0 Å². The smallest absolute Gasteiger partial charge is 0.335 e. The Kier molecular flexibility index (Phi) is 3.99. The van der Waals surface area contributed by atoms with Crippen LogP contribution in [0.25, 0.3) is 0 Å². The molecule has 2 aromatic rings. The fraction of sp³-hybridized carbons (Fsp3) is 0. The number of aromatic hydroxyl groups is 1. The Labute approximate surface area is 119 Å². The van der Waals surface area contributed by atoms with Gasteiger partial charge in [0, 0.05) is 11.8 Å². The van der Waals surface area contributed by atoms with Gasteiger partial charge < -0.3 is 15.3 Å². The Bertz CT molecular complexity index is 719. The number of carbonyl (C=O) groups is 2. The first-order valence-electron chi connectivity index (χ1n) is 5.91. The molecule has 2 rings (SSSR count). The van der Waals surface area contributed by atoms with E-state index in [4.69, 9.17) is 10.2 Å². The first kappa shape index (κ1) is 14.3. The van der Waals surface area contributed by atoms with E-state index >= 15 is 0 Å². The number of nitrogens with zero attached hydrogens (tertiary/aromatic N) is 1. The second kappa shape index (κ2) is 5.87. The van der Waals surface area contributed by atoms with E-state index in [0.29, 0.717) is 11.3 Å². The Morgan fingerprint density at radius 2 is 1.48 bits per heavy atom. The zero-order valence-corrected chi connectivity index (χ0v) is 10.7. The highest BCUT2D eigenvalue weighted by Crippen LogP contribution is 2.19. The molecule has 6 nitrogen and oxygen atoms in total. The van der Waals surface area contributed by atoms with Gasteiger partial charge in [-0.2, -0.15) is 0 Å². The predicted molar refractivity (Wildman–Crippen MR) is 75.7 cm³/mol. The molecule has 0 aromatic heterocycles. The van der Waals surface area contributed by atoms with Gasteiger partial charge in [0.2, 0.25) is 0 Å². The standard InChI is InChI=1S/C15H11NO5/c17-13-7-10(15(20)21)1-2-11(13)8-16-12-5-3-9(4-6-12)14(18)19/h1-8,17H,(H,18,19)(H,20,21). The van der Waals surface area contributed by atoms with Crippen LogP contribution in [0, 0.1) is 0 Å². The van der Waals surface area contributed by atoms with Crippen molar-refractivity contribution in [1.82, 2.24) is 0 Å². The topological polar surface area (TPSA) is 107 Å². The third-order valence-corrected chi connectivity index (χ3v) is 2.74. The van der Waals surface area contributed by atoms with Gasteiger partial charge in [-0.3, -0.25) is 4.99 Å². The second-order valence-corrected chi connectivity index (χ2v) is 4.19. The molecule has 0 amide bonds. The van der Waals surface area contributed by atoms with Gasteiger partial charge in [-0.1, -0.05) is 0 Å². The van der Waals surface area contributed by atoms with Crippen LogP contribution < -0.4 is 0 Å². The van der Waals surface area contributed by atoms with E-state index in [9.17, 15) is 14.7 Å². The van der Waals surface area contributed by atoms with Crippen molar-refractivity contribution in [1.29, 1.82) is 0 Å². The minimum absolute atomic E-state index is 0.0181. The van der Waals surface area contributed by atoms with Crippen LogP contribution in [-0.4, -0.2) is 33.5 Å². The average molecular weight is 285 g/mol. The molecule has 0 aliphatic rings. The Morgan fingerprint density at radius 1 is 0.905 bits per heavy atom. The maximum atomic E-state index is 10.7. The van der Waals surface area contributed by atoms with Crippen LogP contribution in [-0.2, 0) is 0 Å². The van der Waals surface area contributed by atoms with E-state index in [1.807, 2.05) is 0 Å². The van der Waals surface area contributed by atoms with E-state index in [1.54, 1.807) is 0 Å². The molecule has 0 bridgehead atoms. The van der Waals surface area contributed by atoms with Crippen molar-refractivity contribution in [3.8, 4) is 5.75 Å². The quantitative estimate of drug-likeness (QED) is 0.748. The molecule has 0 aliphatic heterocycles. The number of aromatic carboxylic acids is 2. The molecule has 106 valence electrons. The fourth-order valence-electron chi connectivity index (χ4n) is 1.62. The van der Waals surface area contributed by atoms with Crippen molar-refractivity contribution >= 4 is 23.8 Å². The van der Waals surface area contributed by atoms with Gasteiger partial charge in [0.05, 0.1) is 16.8 Å². The number of hydrogen-bond donors (Lipinski definition) is 3. The zero-order valence-electron chi connectivity index (χ0n) is 10.7. The summed E-state index contributed by atoms with van der Waals surface area (Å²) < 4.78 is 0. The van der Waals surface area contributed by atoms with Crippen LogP contribution in [0.15, 0.2) is 47.5 Å². The SMILES string of the molecule is O=C(O)c1ccc(N=Cc2ccc(C(=O)O)cc2O)cc1. The molecule has 0 fully saturated rings. The Balaban J connectivity index is 2.21. The lowest BCUT2D eigenvalue weighted by molar-refractivity contribution is 0.0686. The molecule has 21 heavy (non-hydrogen) atoms. The lowest BCUT2D eigenvalue weighted by Crippen LogP contribution is -1.96. The summed E-state index contributed by atoms with van der Waals surface area (Å²) in [6.45, 7) is 0. The molecule has 0 radical (unpaired) electrons. The van der Waals surface area contributed by atoms with E-state index in [-0.39, 0.29) is 16.9 Å². The number of carboxylic acid groups (broad SMARTS) is 2. The minimum Gasteiger partial charge on any atom is -0.507 e. The van der Waals surface area contributed by atoms with Gasteiger partial charge in [-0.25, -0.2) is 9.59 Å². The Morgan fingerprint density at radius 3 is 2.00 bits per heavy atom. The van der Waals surface area contributed by atoms with Gasteiger partial charge in [-0.15, -0.1) is 0 Å². The van der Waals surface area contributed by atoms with Crippen molar-refractivity contribution in [2.24, 2.45) is 4.99 Å².